The summed E-state index contributed by atoms with van der Waals surface area (Å²) in [5.74, 6) is -2.76. The van der Waals surface area contributed by atoms with Crippen LogP contribution in [0.4, 0.5) is 5.69 Å². The Kier molecular flexibility index (Phi) is 11.6. The van der Waals surface area contributed by atoms with Crippen LogP contribution in [0.2, 0.25) is 5.02 Å². The van der Waals surface area contributed by atoms with Crippen molar-refractivity contribution >= 4 is 35.3 Å². The first-order chi connectivity index (χ1) is 18.3. The summed E-state index contributed by atoms with van der Waals surface area (Å²) in [6, 6.07) is 13.1. The van der Waals surface area contributed by atoms with Crippen LogP contribution in [0.5, 0.6) is 0 Å². The fourth-order valence-electron chi connectivity index (χ4n) is 4.72. The van der Waals surface area contributed by atoms with Crippen LogP contribution in [0, 0.1) is 5.92 Å². The number of hydrogen-bond acceptors (Lipinski definition) is 6. The molecule has 0 aromatic heterocycles. The predicted molar refractivity (Wildman–Crippen MR) is 148 cm³/mol. The number of hydrogen-bond donors (Lipinski definition) is 6. The largest absolute Gasteiger partial charge is 0.479 e. The van der Waals surface area contributed by atoms with Gasteiger partial charge in [-0.15, -0.1) is 0 Å². The quantitative estimate of drug-likeness (QED) is 0.292. The van der Waals surface area contributed by atoms with E-state index in [9.17, 15) is 9.59 Å². The van der Waals surface area contributed by atoms with Crippen LogP contribution in [0.1, 0.15) is 54.4 Å². The van der Waals surface area contributed by atoms with Gasteiger partial charge in [-0.3, -0.25) is 0 Å². The number of aliphatic hydroxyl groups excluding tert-OH is 2. The predicted octanol–water partition coefficient (Wildman–Crippen LogP) is 4.11. The Labute approximate surface area is 228 Å². The zero-order valence-corrected chi connectivity index (χ0v) is 22.2. The average molecular weight is 545 g/mol. The summed E-state index contributed by atoms with van der Waals surface area (Å²) in [6.45, 7) is 2.87. The molecule has 4 rings (SSSR count). The van der Waals surface area contributed by atoms with Crippen molar-refractivity contribution in [1.82, 2.24) is 5.32 Å². The molecule has 2 aromatic carbocycles. The van der Waals surface area contributed by atoms with Crippen LogP contribution >= 0.6 is 11.6 Å². The number of carboxylic acid groups (broad SMARTS) is 2. The molecule has 9 heteroatoms. The number of fused-ring (bicyclic) bond motifs is 1. The summed E-state index contributed by atoms with van der Waals surface area (Å²) < 4.78 is 0. The Morgan fingerprint density at radius 1 is 0.947 bits per heavy atom. The molecule has 38 heavy (non-hydrogen) atoms. The van der Waals surface area contributed by atoms with Crippen LogP contribution in [-0.4, -0.2) is 57.7 Å². The molecule has 1 aliphatic carbocycles. The molecule has 206 valence electrons. The number of aliphatic carboxylic acids is 2. The maximum Gasteiger partial charge on any atom is 0.335 e. The standard InChI is InChI=1S/C25H31ClN2.C4H6O6/c26-24-13-12-22-14-16-27-17-15-23(22)25(24)28-18-21-10-8-20(9-11-21)7-6-19-4-2-1-3-5-19;5-1(3(7)8)2(6)4(9)10/h6-13,19,27-28H,1-5,14-18H2;1-2,5-6H,(H,7,8)(H,9,10)/b7-6-;/t;1-,2-/m.1/s1. The van der Waals surface area contributed by atoms with Gasteiger partial charge in [-0.2, -0.15) is 0 Å². The molecule has 0 radical (unpaired) electrons. The Hall–Kier alpha value is -2.91. The number of halogens is 1. The second-order valence-corrected chi connectivity index (χ2v) is 10.1. The van der Waals surface area contributed by atoms with Crippen LogP contribution in [-0.2, 0) is 29.0 Å². The molecule has 1 saturated carbocycles. The average Bonchev–Trinajstić information content (AvgIpc) is 3.18. The molecule has 6 N–H and O–H groups in total. The van der Waals surface area contributed by atoms with Gasteiger partial charge in [0, 0.05) is 6.54 Å². The molecule has 2 atom stereocenters. The highest BCUT2D eigenvalue weighted by Crippen LogP contribution is 2.31. The van der Waals surface area contributed by atoms with E-state index >= 15 is 0 Å². The number of aliphatic hydroxyl groups is 2. The zero-order valence-electron chi connectivity index (χ0n) is 21.4. The van der Waals surface area contributed by atoms with Crippen molar-refractivity contribution in [3.8, 4) is 0 Å². The minimum atomic E-state index is -2.27. The monoisotopic (exact) mass is 544 g/mol. The number of rotatable bonds is 8. The van der Waals surface area contributed by atoms with E-state index < -0.39 is 24.1 Å². The lowest BCUT2D eigenvalue weighted by Gasteiger charge is -2.17. The van der Waals surface area contributed by atoms with Crippen LogP contribution < -0.4 is 10.6 Å². The molecule has 0 spiro atoms. The highest BCUT2D eigenvalue weighted by Gasteiger charge is 2.29. The van der Waals surface area contributed by atoms with E-state index in [1.165, 1.54) is 54.4 Å². The van der Waals surface area contributed by atoms with Gasteiger partial charge in [0.1, 0.15) is 0 Å². The Bertz CT molecular complexity index is 1080. The molecule has 0 unspecified atom stereocenters. The van der Waals surface area contributed by atoms with Crippen LogP contribution in [0.25, 0.3) is 6.08 Å². The van der Waals surface area contributed by atoms with E-state index in [4.69, 9.17) is 32.0 Å². The van der Waals surface area contributed by atoms with Gasteiger partial charge in [0.05, 0.1) is 10.7 Å². The van der Waals surface area contributed by atoms with E-state index in [0.29, 0.717) is 0 Å². The molecule has 1 heterocycles. The van der Waals surface area contributed by atoms with Gasteiger partial charge in [0.25, 0.3) is 0 Å². The smallest absolute Gasteiger partial charge is 0.335 e. The minimum Gasteiger partial charge on any atom is -0.479 e. The van der Waals surface area contributed by atoms with E-state index in [0.717, 1.165) is 49.1 Å². The second-order valence-electron chi connectivity index (χ2n) is 9.73. The number of benzene rings is 2. The molecule has 0 bridgehead atoms. The van der Waals surface area contributed by atoms with Crippen molar-refractivity contribution in [1.29, 1.82) is 0 Å². The summed E-state index contributed by atoms with van der Waals surface area (Å²) in [4.78, 5) is 19.5. The molecule has 8 nitrogen and oxygen atoms in total. The first-order valence-corrected chi connectivity index (χ1v) is 13.5. The lowest BCUT2D eigenvalue weighted by atomic mass is 9.89. The number of carbonyl (C=O) groups is 2. The third kappa shape index (κ3) is 8.84. The maximum atomic E-state index is 9.77. The SMILES string of the molecule is Clc1ccc2c(c1NCc1ccc(/C=C\C3CCCCC3)cc1)CCNCC2.O=C(O)[C@H](O)[C@@H](O)C(=O)O. The Morgan fingerprint density at radius 2 is 1.58 bits per heavy atom. The summed E-state index contributed by atoms with van der Waals surface area (Å²) in [7, 11) is 0. The summed E-state index contributed by atoms with van der Waals surface area (Å²) in [5.41, 5.74) is 6.50. The van der Waals surface area contributed by atoms with Crippen LogP contribution in [0.3, 0.4) is 0 Å². The highest BCUT2D eigenvalue weighted by atomic mass is 35.5. The molecule has 2 aliphatic rings. The van der Waals surface area contributed by atoms with Crippen molar-refractivity contribution in [2.24, 2.45) is 5.92 Å². The van der Waals surface area contributed by atoms with Crippen LogP contribution in [0.15, 0.2) is 42.5 Å². The number of anilines is 1. The van der Waals surface area contributed by atoms with Crippen molar-refractivity contribution in [2.45, 2.75) is 63.7 Å². The van der Waals surface area contributed by atoms with Gasteiger partial charge < -0.3 is 31.1 Å². The molecule has 1 aliphatic heterocycles. The van der Waals surface area contributed by atoms with Gasteiger partial charge in [0.15, 0.2) is 12.2 Å². The topological polar surface area (TPSA) is 139 Å². The fraction of sp³-hybridized carbons (Fsp3) is 0.448. The van der Waals surface area contributed by atoms with Gasteiger partial charge in [0.2, 0.25) is 0 Å². The van der Waals surface area contributed by atoms with E-state index in [1.807, 2.05) is 6.07 Å². The van der Waals surface area contributed by atoms with Gasteiger partial charge >= 0.3 is 11.9 Å². The van der Waals surface area contributed by atoms with Crippen molar-refractivity contribution in [2.75, 3.05) is 18.4 Å². The minimum absolute atomic E-state index is 0.778. The first-order valence-electron chi connectivity index (χ1n) is 13.1. The molecule has 0 saturated heterocycles. The summed E-state index contributed by atoms with van der Waals surface area (Å²) in [5, 5.41) is 40.4. The number of nitrogens with one attached hydrogen (secondary N) is 2. The number of carboxylic acids is 2. The third-order valence-corrected chi connectivity index (χ3v) is 7.26. The van der Waals surface area contributed by atoms with Gasteiger partial charge in [-0.25, -0.2) is 9.59 Å². The number of allylic oxidation sites excluding steroid dienone is 1. The van der Waals surface area contributed by atoms with E-state index in [-0.39, 0.29) is 0 Å². The fourth-order valence-corrected chi connectivity index (χ4v) is 4.96. The lowest BCUT2D eigenvalue weighted by Crippen LogP contribution is -2.39. The second kappa shape index (κ2) is 14.9. The highest BCUT2D eigenvalue weighted by molar-refractivity contribution is 6.33. The summed E-state index contributed by atoms with van der Waals surface area (Å²) >= 11 is 6.53. The lowest BCUT2D eigenvalue weighted by molar-refractivity contribution is -0.165. The van der Waals surface area contributed by atoms with E-state index in [1.54, 1.807) is 0 Å². The molecular weight excluding hydrogens is 508 g/mol. The van der Waals surface area contributed by atoms with Crippen molar-refractivity contribution in [3.63, 3.8) is 0 Å². The normalized spacial score (nSPS) is 17.4. The van der Waals surface area contributed by atoms with Crippen molar-refractivity contribution < 1.29 is 30.0 Å². The molecule has 2 aromatic rings. The van der Waals surface area contributed by atoms with Crippen molar-refractivity contribution in [3.05, 3.63) is 69.8 Å². The Balaban J connectivity index is 0.000000342. The molecule has 1 fully saturated rings. The third-order valence-electron chi connectivity index (χ3n) is 6.95. The molecular formula is C29H37ClN2O6. The maximum absolute atomic E-state index is 9.77. The summed E-state index contributed by atoms with van der Waals surface area (Å²) in [6.07, 6.45) is 9.20. The Morgan fingerprint density at radius 3 is 2.21 bits per heavy atom. The van der Waals surface area contributed by atoms with Gasteiger partial charge in [-0.1, -0.05) is 73.3 Å². The first kappa shape index (κ1) is 29.6. The molecule has 0 amide bonds. The zero-order chi connectivity index (χ0) is 27.5. The van der Waals surface area contributed by atoms with Gasteiger partial charge in [-0.05, 0) is 73.0 Å². The van der Waals surface area contributed by atoms with E-state index in [2.05, 4.69) is 53.1 Å².